The molecule has 0 unspecified atom stereocenters. The lowest BCUT2D eigenvalue weighted by Gasteiger charge is -2.25. The monoisotopic (exact) mass is 273 g/mol. The van der Waals surface area contributed by atoms with Crippen LogP contribution in [0.15, 0.2) is 18.2 Å². The number of likely N-dealkylation sites (tertiary alicyclic amines) is 1. The molecule has 20 heavy (non-hydrogen) atoms. The first-order valence-corrected chi connectivity index (χ1v) is 7.41. The highest BCUT2D eigenvalue weighted by molar-refractivity contribution is 5.97. The van der Waals surface area contributed by atoms with Gasteiger partial charge in [-0.25, -0.2) is 0 Å². The summed E-state index contributed by atoms with van der Waals surface area (Å²) in [4.78, 5) is 25.6. The number of Topliss-reactive ketones (excluding diaryl/α,β-unsaturated/α-hetero) is 2. The van der Waals surface area contributed by atoms with Gasteiger partial charge in [0.15, 0.2) is 5.78 Å². The van der Waals surface area contributed by atoms with Gasteiger partial charge in [-0.3, -0.25) is 9.59 Å². The molecule has 0 spiro atoms. The largest absolute Gasteiger partial charge is 0.302 e. The lowest BCUT2D eigenvalue weighted by atomic mass is 9.99. The van der Waals surface area contributed by atoms with E-state index >= 15 is 0 Å². The zero-order chi connectivity index (χ0) is 14.5. The third-order valence-corrected chi connectivity index (χ3v) is 3.97. The van der Waals surface area contributed by atoms with Gasteiger partial charge in [0, 0.05) is 37.9 Å². The molecule has 0 amide bonds. The predicted octanol–water partition coefficient (Wildman–Crippen LogP) is 2.93. The highest BCUT2D eigenvalue weighted by Gasteiger charge is 2.16. The summed E-state index contributed by atoms with van der Waals surface area (Å²) in [6.45, 7) is 6.67. The number of hydrogen-bond donors (Lipinski definition) is 0. The maximum absolute atomic E-state index is 12.2. The van der Waals surface area contributed by atoms with Gasteiger partial charge in [-0.15, -0.1) is 0 Å². The van der Waals surface area contributed by atoms with Crippen molar-refractivity contribution in [3.63, 3.8) is 0 Å². The zero-order valence-electron chi connectivity index (χ0n) is 12.4. The number of piperidine rings is 1. The second-order valence-electron chi connectivity index (χ2n) is 5.73. The van der Waals surface area contributed by atoms with E-state index in [1.54, 1.807) is 0 Å². The van der Waals surface area contributed by atoms with Gasteiger partial charge in [0.25, 0.3) is 0 Å². The van der Waals surface area contributed by atoms with Gasteiger partial charge < -0.3 is 4.90 Å². The third kappa shape index (κ3) is 4.01. The number of benzene rings is 1. The standard InChI is InChI=1S/C17H23NO2/c1-13-5-6-16(14(2)12-13)17(20)4-3-9-18-10-7-15(19)8-11-18/h5-6,12H,3-4,7-11H2,1-2H3. The number of carbonyl (C=O) groups excluding carboxylic acids is 2. The summed E-state index contributed by atoms with van der Waals surface area (Å²) in [5.41, 5.74) is 3.11. The van der Waals surface area contributed by atoms with Crippen molar-refractivity contribution in [1.82, 2.24) is 4.90 Å². The summed E-state index contributed by atoms with van der Waals surface area (Å²) >= 11 is 0. The minimum Gasteiger partial charge on any atom is -0.302 e. The fourth-order valence-corrected chi connectivity index (χ4v) is 2.75. The minimum atomic E-state index is 0.232. The van der Waals surface area contributed by atoms with Gasteiger partial charge in [0.05, 0.1) is 0 Å². The lowest BCUT2D eigenvalue weighted by Crippen LogP contribution is -2.34. The highest BCUT2D eigenvalue weighted by atomic mass is 16.1. The fraction of sp³-hybridized carbons (Fsp3) is 0.529. The van der Waals surface area contributed by atoms with Crippen molar-refractivity contribution in [3.05, 3.63) is 34.9 Å². The van der Waals surface area contributed by atoms with Crippen molar-refractivity contribution in [2.75, 3.05) is 19.6 Å². The van der Waals surface area contributed by atoms with Gasteiger partial charge in [0.2, 0.25) is 0 Å². The van der Waals surface area contributed by atoms with E-state index in [2.05, 4.69) is 11.0 Å². The first-order chi connectivity index (χ1) is 9.56. The van der Waals surface area contributed by atoms with Crippen LogP contribution in [0.5, 0.6) is 0 Å². The Bertz CT molecular complexity index is 498. The van der Waals surface area contributed by atoms with Crippen molar-refractivity contribution in [2.24, 2.45) is 0 Å². The Kier molecular flexibility index (Phi) is 5.07. The van der Waals surface area contributed by atoms with E-state index in [9.17, 15) is 9.59 Å². The Morgan fingerprint density at radius 3 is 2.55 bits per heavy atom. The van der Waals surface area contributed by atoms with Crippen molar-refractivity contribution in [2.45, 2.75) is 39.5 Å². The van der Waals surface area contributed by atoms with Crippen LogP contribution in [0.2, 0.25) is 0 Å². The Balaban J connectivity index is 1.79. The molecule has 0 bridgehead atoms. The van der Waals surface area contributed by atoms with E-state index in [0.717, 1.165) is 37.2 Å². The molecule has 0 N–H and O–H groups in total. The molecule has 1 saturated heterocycles. The van der Waals surface area contributed by atoms with Crippen LogP contribution in [-0.4, -0.2) is 36.1 Å². The van der Waals surface area contributed by atoms with Crippen molar-refractivity contribution < 1.29 is 9.59 Å². The Labute approximate surface area is 121 Å². The van der Waals surface area contributed by atoms with Gasteiger partial charge in [-0.2, -0.15) is 0 Å². The first-order valence-electron chi connectivity index (χ1n) is 7.41. The van der Waals surface area contributed by atoms with Crippen LogP contribution < -0.4 is 0 Å². The molecule has 0 aliphatic carbocycles. The topological polar surface area (TPSA) is 37.4 Å². The normalized spacial score (nSPS) is 16.4. The molecule has 1 aliphatic rings. The molecule has 108 valence electrons. The average Bonchev–Trinajstić information content (AvgIpc) is 2.41. The quantitative estimate of drug-likeness (QED) is 0.774. The van der Waals surface area contributed by atoms with E-state index in [1.807, 2.05) is 26.0 Å². The van der Waals surface area contributed by atoms with Gasteiger partial charge in [-0.05, 0) is 32.4 Å². The molecular formula is C17H23NO2. The van der Waals surface area contributed by atoms with Crippen LogP contribution in [-0.2, 0) is 4.79 Å². The predicted molar refractivity (Wildman–Crippen MR) is 80.2 cm³/mol. The van der Waals surface area contributed by atoms with E-state index in [-0.39, 0.29) is 5.78 Å². The summed E-state index contributed by atoms with van der Waals surface area (Å²) in [7, 11) is 0. The first kappa shape index (κ1) is 14.9. The van der Waals surface area contributed by atoms with Crippen LogP contribution in [0.1, 0.15) is 47.2 Å². The molecule has 0 aromatic heterocycles. The zero-order valence-corrected chi connectivity index (χ0v) is 12.4. The average molecular weight is 273 g/mol. The van der Waals surface area contributed by atoms with Crippen LogP contribution in [0.4, 0.5) is 0 Å². The summed E-state index contributed by atoms with van der Waals surface area (Å²) in [5, 5.41) is 0. The minimum absolute atomic E-state index is 0.232. The lowest BCUT2D eigenvalue weighted by molar-refractivity contribution is -0.121. The Hall–Kier alpha value is -1.48. The number of carbonyl (C=O) groups is 2. The molecule has 1 fully saturated rings. The number of aryl methyl sites for hydroxylation is 2. The van der Waals surface area contributed by atoms with Crippen molar-refractivity contribution >= 4 is 11.6 Å². The maximum Gasteiger partial charge on any atom is 0.163 e. The second-order valence-corrected chi connectivity index (χ2v) is 5.73. The number of rotatable bonds is 5. The summed E-state index contributed by atoms with van der Waals surface area (Å²) in [5.74, 6) is 0.600. The number of nitrogens with zero attached hydrogens (tertiary/aromatic N) is 1. The van der Waals surface area contributed by atoms with E-state index in [1.165, 1.54) is 5.56 Å². The van der Waals surface area contributed by atoms with Crippen LogP contribution in [0.3, 0.4) is 0 Å². The summed E-state index contributed by atoms with van der Waals surface area (Å²) in [6, 6.07) is 5.99. The summed E-state index contributed by atoms with van der Waals surface area (Å²) in [6.07, 6.45) is 2.81. The van der Waals surface area contributed by atoms with Gasteiger partial charge in [0.1, 0.15) is 5.78 Å². The van der Waals surface area contributed by atoms with Gasteiger partial charge in [-0.1, -0.05) is 23.8 Å². The molecule has 2 rings (SSSR count). The molecule has 3 nitrogen and oxygen atoms in total. The Morgan fingerprint density at radius 1 is 1.20 bits per heavy atom. The maximum atomic E-state index is 12.2. The molecule has 0 saturated carbocycles. The van der Waals surface area contributed by atoms with Gasteiger partial charge >= 0.3 is 0 Å². The van der Waals surface area contributed by atoms with Crippen LogP contribution in [0.25, 0.3) is 0 Å². The van der Waals surface area contributed by atoms with Crippen molar-refractivity contribution in [3.8, 4) is 0 Å². The molecule has 1 aromatic carbocycles. The summed E-state index contributed by atoms with van der Waals surface area (Å²) < 4.78 is 0. The highest BCUT2D eigenvalue weighted by Crippen LogP contribution is 2.14. The molecule has 0 atom stereocenters. The Morgan fingerprint density at radius 2 is 1.90 bits per heavy atom. The molecular weight excluding hydrogens is 250 g/mol. The molecule has 0 radical (unpaired) electrons. The fourth-order valence-electron chi connectivity index (χ4n) is 2.75. The SMILES string of the molecule is Cc1ccc(C(=O)CCCN2CCC(=O)CC2)c(C)c1. The van der Waals surface area contributed by atoms with Crippen molar-refractivity contribution in [1.29, 1.82) is 0 Å². The van der Waals surface area contributed by atoms with Crippen LogP contribution in [0, 0.1) is 13.8 Å². The number of ketones is 2. The van der Waals surface area contributed by atoms with E-state index in [0.29, 0.717) is 25.0 Å². The second kappa shape index (κ2) is 6.80. The molecule has 1 aromatic rings. The number of hydrogen-bond acceptors (Lipinski definition) is 3. The molecule has 1 aliphatic heterocycles. The van der Waals surface area contributed by atoms with E-state index in [4.69, 9.17) is 0 Å². The van der Waals surface area contributed by atoms with E-state index < -0.39 is 0 Å². The smallest absolute Gasteiger partial charge is 0.163 e. The molecule has 3 heteroatoms. The molecule has 1 heterocycles. The third-order valence-electron chi connectivity index (χ3n) is 3.97. The van der Waals surface area contributed by atoms with Crippen LogP contribution >= 0.6 is 0 Å².